The lowest BCUT2D eigenvalue weighted by molar-refractivity contribution is 1.09. The van der Waals surface area contributed by atoms with Crippen LogP contribution in [0.4, 0.5) is 11.4 Å². The quantitative estimate of drug-likeness (QED) is 0.624. The number of aromatic nitrogens is 1. The van der Waals surface area contributed by atoms with Crippen LogP contribution in [0.15, 0.2) is 60.8 Å². The van der Waals surface area contributed by atoms with Crippen LogP contribution < -0.4 is 4.90 Å². The van der Waals surface area contributed by atoms with Crippen LogP contribution in [0.3, 0.4) is 0 Å². The van der Waals surface area contributed by atoms with Gasteiger partial charge in [0.25, 0.3) is 0 Å². The third-order valence-corrected chi connectivity index (χ3v) is 4.02. The molecule has 0 amide bonds. The summed E-state index contributed by atoms with van der Waals surface area (Å²) in [5.74, 6) is 0. The molecule has 0 aliphatic carbocycles. The average molecular weight is 293 g/mol. The van der Waals surface area contributed by atoms with Crippen molar-refractivity contribution in [2.75, 3.05) is 11.4 Å². The van der Waals surface area contributed by atoms with E-state index in [1.165, 1.54) is 5.56 Å². The van der Waals surface area contributed by atoms with E-state index in [2.05, 4.69) is 40.2 Å². The lowest BCUT2D eigenvalue weighted by Gasteiger charge is -2.29. The Morgan fingerprint density at radius 1 is 1.00 bits per heavy atom. The van der Waals surface area contributed by atoms with Crippen LogP contribution in [0.2, 0.25) is 5.02 Å². The van der Waals surface area contributed by atoms with Crippen molar-refractivity contribution in [1.82, 2.24) is 4.98 Å². The first kappa shape index (κ1) is 12.4. The van der Waals surface area contributed by atoms with Gasteiger partial charge >= 0.3 is 0 Å². The molecule has 0 saturated carbocycles. The highest BCUT2D eigenvalue weighted by Crippen LogP contribution is 2.37. The predicted octanol–water partition coefficient (Wildman–Crippen LogP) is 5.05. The second-order valence-electron chi connectivity index (χ2n) is 5.07. The fourth-order valence-electron chi connectivity index (χ4n) is 2.80. The maximum Gasteiger partial charge on any atom is 0.0945 e. The highest BCUT2D eigenvalue weighted by molar-refractivity contribution is 6.30. The largest absolute Gasteiger partial charge is 0.335 e. The number of anilines is 2. The van der Waals surface area contributed by atoms with Crippen LogP contribution in [-0.4, -0.2) is 11.5 Å². The van der Waals surface area contributed by atoms with Gasteiger partial charge in [-0.1, -0.05) is 42.0 Å². The van der Waals surface area contributed by atoms with Gasteiger partial charge in [0.05, 0.1) is 11.2 Å². The van der Waals surface area contributed by atoms with Gasteiger partial charge in [0.15, 0.2) is 0 Å². The summed E-state index contributed by atoms with van der Waals surface area (Å²) in [6.45, 7) is 0.838. The molecule has 0 spiro atoms. The number of hydrogen-bond donors (Lipinski definition) is 0. The molecule has 0 saturated heterocycles. The lowest BCUT2D eigenvalue weighted by atomic mass is 10.0. The zero-order valence-electron chi connectivity index (χ0n) is 11.3. The van der Waals surface area contributed by atoms with Crippen LogP contribution in [0.5, 0.6) is 0 Å². The van der Waals surface area contributed by atoms with Crippen molar-refractivity contribution >= 4 is 40.0 Å². The third-order valence-electron chi connectivity index (χ3n) is 3.77. The molecule has 3 aromatic rings. The van der Waals surface area contributed by atoms with E-state index in [4.69, 9.17) is 11.6 Å². The van der Waals surface area contributed by atoms with E-state index in [0.29, 0.717) is 0 Å². The Bertz CT molecular complexity index is 837. The maximum atomic E-state index is 6.00. The zero-order valence-corrected chi connectivity index (χ0v) is 12.1. The molecule has 1 aromatic heterocycles. The Morgan fingerprint density at radius 3 is 2.71 bits per heavy atom. The molecule has 0 fully saturated rings. The molecule has 0 bridgehead atoms. The van der Waals surface area contributed by atoms with Gasteiger partial charge in [-0.25, -0.2) is 0 Å². The first-order valence-corrected chi connectivity index (χ1v) is 7.28. The van der Waals surface area contributed by atoms with Gasteiger partial charge in [0.1, 0.15) is 0 Å². The fourth-order valence-corrected chi connectivity index (χ4v) is 2.92. The molecule has 0 unspecified atom stereocenters. The van der Waals surface area contributed by atoms with Crippen molar-refractivity contribution in [3.05, 3.63) is 71.4 Å². The number of benzene rings is 2. The monoisotopic (exact) mass is 292 g/mol. The summed E-state index contributed by atoms with van der Waals surface area (Å²) in [5, 5.41) is 1.91. The molecule has 2 heterocycles. The highest BCUT2D eigenvalue weighted by atomic mass is 35.5. The molecular weight excluding hydrogens is 280 g/mol. The minimum atomic E-state index is 0.752. The number of pyridine rings is 1. The lowest BCUT2D eigenvalue weighted by Crippen LogP contribution is -2.20. The second kappa shape index (κ2) is 4.90. The van der Waals surface area contributed by atoms with Crippen LogP contribution in [0, 0.1) is 0 Å². The number of halogens is 1. The van der Waals surface area contributed by atoms with Crippen LogP contribution in [0.25, 0.3) is 17.0 Å². The predicted molar refractivity (Wildman–Crippen MR) is 89.2 cm³/mol. The maximum absolute atomic E-state index is 6.00. The van der Waals surface area contributed by atoms with Crippen LogP contribution >= 0.6 is 11.6 Å². The Labute approximate surface area is 128 Å². The van der Waals surface area contributed by atoms with Crippen molar-refractivity contribution in [3.63, 3.8) is 0 Å². The highest BCUT2D eigenvalue weighted by Gasteiger charge is 2.18. The Hall–Kier alpha value is -2.32. The van der Waals surface area contributed by atoms with Crippen molar-refractivity contribution in [1.29, 1.82) is 0 Å². The van der Waals surface area contributed by atoms with Crippen LogP contribution in [0.1, 0.15) is 5.56 Å². The summed E-state index contributed by atoms with van der Waals surface area (Å²) in [4.78, 5) is 6.86. The van der Waals surface area contributed by atoms with Crippen molar-refractivity contribution < 1.29 is 0 Å². The van der Waals surface area contributed by atoms with Crippen molar-refractivity contribution in [3.8, 4) is 0 Å². The fraction of sp³-hybridized carbons (Fsp3) is 0.0556. The van der Waals surface area contributed by atoms with E-state index >= 15 is 0 Å². The molecule has 1 aliphatic heterocycles. The van der Waals surface area contributed by atoms with Gasteiger partial charge in [0.2, 0.25) is 0 Å². The zero-order chi connectivity index (χ0) is 14.2. The molecule has 1 aliphatic rings. The molecule has 102 valence electrons. The molecule has 2 aromatic carbocycles. The Morgan fingerprint density at radius 2 is 1.86 bits per heavy atom. The van der Waals surface area contributed by atoms with E-state index in [1.807, 2.05) is 36.5 Å². The van der Waals surface area contributed by atoms with Crippen molar-refractivity contribution in [2.45, 2.75) is 0 Å². The van der Waals surface area contributed by atoms with Gasteiger partial charge in [-0.2, -0.15) is 0 Å². The molecule has 3 heteroatoms. The van der Waals surface area contributed by atoms with E-state index < -0.39 is 0 Å². The summed E-state index contributed by atoms with van der Waals surface area (Å²) in [5.41, 5.74) is 4.53. The van der Waals surface area contributed by atoms with Crippen LogP contribution in [-0.2, 0) is 0 Å². The second-order valence-corrected chi connectivity index (χ2v) is 5.50. The van der Waals surface area contributed by atoms with Gasteiger partial charge < -0.3 is 4.90 Å². The van der Waals surface area contributed by atoms with Gasteiger partial charge in [-0.15, -0.1) is 0 Å². The number of rotatable bonds is 1. The summed E-state index contributed by atoms with van der Waals surface area (Å²) in [7, 11) is 0. The van der Waals surface area contributed by atoms with E-state index in [1.54, 1.807) is 0 Å². The first-order valence-electron chi connectivity index (χ1n) is 6.90. The molecule has 0 radical (unpaired) electrons. The molecule has 2 nitrogen and oxygen atoms in total. The number of hydrogen-bond acceptors (Lipinski definition) is 2. The molecule has 0 atom stereocenters. The summed E-state index contributed by atoms with van der Waals surface area (Å²) >= 11 is 6.00. The number of nitrogens with zero attached hydrogens (tertiary/aromatic N) is 2. The van der Waals surface area contributed by atoms with E-state index in [9.17, 15) is 0 Å². The standard InChI is InChI=1S/C18H13ClN2/c19-15-7-9-16(10-8-15)21-12-2-4-14-6-5-13-3-1-11-20-17(13)18(14)21/h1-11H,12H2. The minimum Gasteiger partial charge on any atom is -0.335 e. The average Bonchev–Trinajstić information content (AvgIpc) is 2.55. The minimum absolute atomic E-state index is 0.752. The van der Waals surface area contributed by atoms with Gasteiger partial charge in [-0.3, -0.25) is 4.98 Å². The molecular formula is C18H13ClN2. The van der Waals surface area contributed by atoms with E-state index in [0.717, 1.165) is 33.8 Å². The van der Waals surface area contributed by atoms with Crippen molar-refractivity contribution in [2.24, 2.45) is 0 Å². The Kier molecular flexibility index (Phi) is 2.90. The Balaban J connectivity index is 1.96. The molecule has 4 rings (SSSR count). The summed E-state index contributed by atoms with van der Waals surface area (Å²) in [6, 6.07) is 16.3. The summed E-state index contributed by atoms with van der Waals surface area (Å²) in [6.07, 6.45) is 6.18. The number of fused-ring (bicyclic) bond motifs is 3. The first-order chi connectivity index (χ1) is 10.3. The molecule has 0 N–H and O–H groups in total. The van der Waals surface area contributed by atoms with Gasteiger partial charge in [0, 0.05) is 34.4 Å². The smallest absolute Gasteiger partial charge is 0.0945 e. The van der Waals surface area contributed by atoms with Gasteiger partial charge in [-0.05, 0) is 30.3 Å². The SMILES string of the molecule is Clc1ccc(N2CC=Cc3ccc4cccnc4c32)cc1. The third kappa shape index (κ3) is 2.08. The summed E-state index contributed by atoms with van der Waals surface area (Å²) < 4.78 is 0. The molecule has 21 heavy (non-hydrogen) atoms. The normalized spacial score (nSPS) is 13.5. The topological polar surface area (TPSA) is 16.1 Å². The van der Waals surface area contributed by atoms with E-state index in [-0.39, 0.29) is 0 Å².